The van der Waals surface area contributed by atoms with Gasteiger partial charge in [-0.1, -0.05) is 19.4 Å². The van der Waals surface area contributed by atoms with E-state index in [4.69, 9.17) is 5.26 Å². The summed E-state index contributed by atoms with van der Waals surface area (Å²) in [6.45, 7) is 2.84. The van der Waals surface area contributed by atoms with E-state index in [9.17, 15) is 9.59 Å². The molecule has 2 amide bonds. The monoisotopic (exact) mass is 327 g/mol. The molecule has 2 N–H and O–H groups in total. The Hall–Kier alpha value is -2.35. The Morgan fingerprint density at radius 1 is 1.17 bits per heavy atom. The molecule has 128 valence electrons. The quantitative estimate of drug-likeness (QED) is 0.787. The molecule has 0 aromatic heterocycles. The zero-order valence-corrected chi connectivity index (χ0v) is 14.2. The van der Waals surface area contributed by atoms with Crippen LogP contribution in [-0.4, -0.2) is 18.4 Å². The van der Waals surface area contributed by atoms with Crippen LogP contribution in [0.2, 0.25) is 0 Å². The maximum atomic E-state index is 12.4. The Morgan fingerprint density at radius 3 is 2.46 bits per heavy atom. The highest BCUT2D eigenvalue weighted by Gasteiger charge is 2.29. The van der Waals surface area contributed by atoms with Crippen LogP contribution in [0, 0.1) is 23.2 Å². The highest BCUT2D eigenvalue weighted by molar-refractivity contribution is 5.93. The zero-order valence-electron chi connectivity index (χ0n) is 14.2. The van der Waals surface area contributed by atoms with Crippen molar-refractivity contribution < 1.29 is 9.59 Å². The second-order valence-corrected chi connectivity index (χ2v) is 6.37. The van der Waals surface area contributed by atoms with Crippen molar-refractivity contribution in [1.82, 2.24) is 5.32 Å². The summed E-state index contributed by atoms with van der Waals surface area (Å²) in [7, 11) is 0. The predicted molar refractivity (Wildman–Crippen MR) is 93.2 cm³/mol. The fourth-order valence-electron chi connectivity index (χ4n) is 3.06. The average molecular weight is 327 g/mol. The van der Waals surface area contributed by atoms with Gasteiger partial charge in [0, 0.05) is 24.1 Å². The maximum Gasteiger partial charge on any atom is 0.227 e. The number of nitrogens with one attached hydrogen (secondary N) is 2. The van der Waals surface area contributed by atoms with E-state index in [1.54, 1.807) is 24.3 Å². The van der Waals surface area contributed by atoms with Crippen LogP contribution in [0.1, 0.15) is 51.0 Å². The van der Waals surface area contributed by atoms with Gasteiger partial charge >= 0.3 is 0 Å². The lowest BCUT2D eigenvalue weighted by atomic mass is 9.81. The molecule has 0 atom stereocenters. The molecule has 5 nitrogen and oxygen atoms in total. The van der Waals surface area contributed by atoms with Gasteiger partial charge in [0.25, 0.3) is 0 Å². The van der Waals surface area contributed by atoms with Crippen LogP contribution < -0.4 is 10.6 Å². The van der Waals surface area contributed by atoms with Gasteiger partial charge in [-0.3, -0.25) is 9.59 Å². The van der Waals surface area contributed by atoms with Crippen LogP contribution in [0.3, 0.4) is 0 Å². The summed E-state index contributed by atoms with van der Waals surface area (Å²) < 4.78 is 0. The van der Waals surface area contributed by atoms with Crippen molar-refractivity contribution >= 4 is 17.5 Å². The predicted octanol–water partition coefficient (Wildman–Crippen LogP) is 3.22. The van der Waals surface area contributed by atoms with E-state index in [0.717, 1.165) is 45.1 Å². The van der Waals surface area contributed by atoms with Gasteiger partial charge in [0.1, 0.15) is 0 Å². The number of rotatable bonds is 6. The molecule has 1 saturated carbocycles. The molecule has 1 aromatic rings. The summed E-state index contributed by atoms with van der Waals surface area (Å²) in [6.07, 6.45) is 5.05. The van der Waals surface area contributed by atoms with Crippen LogP contribution in [0.5, 0.6) is 0 Å². The molecule has 1 aliphatic carbocycles. The van der Waals surface area contributed by atoms with E-state index in [2.05, 4.69) is 23.6 Å². The number of carbonyl (C=O) groups is 2. The van der Waals surface area contributed by atoms with Crippen molar-refractivity contribution in [3.05, 3.63) is 29.8 Å². The largest absolute Gasteiger partial charge is 0.356 e. The van der Waals surface area contributed by atoms with Crippen LogP contribution in [-0.2, 0) is 9.59 Å². The molecule has 1 fully saturated rings. The minimum atomic E-state index is -0.0598. The Labute approximate surface area is 143 Å². The van der Waals surface area contributed by atoms with Crippen molar-refractivity contribution in [2.45, 2.75) is 45.4 Å². The normalized spacial score (nSPS) is 20.0. The summed E-state index contributed by atoms with van der Waals surface area (Å²) in [4.78, 5) is 24.4. The first-order valence-electron chi connectivity index (χ1n) is 8.72. The van der Waals surface area contributed by atoms with Crippen molar-refractivity contribution in [3.63, 3.8) is 0 Å². The fourth-order valence-corrected chi connectivity index (χ4v) is 3.06. The molecule has 0 radical (unpaired) electrons. The fraction of sp³-hybridized carbons (Fsp3) is 0.526. The first-order valence-corrected chi connectivity index (χ1v) is 8.72. The number of hydrogen-bond donors (Lipinski definition) is 2. The standard InChI is InChI=1S/C19H25N3O2/c1-2-3-11-21-18(23)15-7-9-16(10-8-15)19(24)22-17-6-4-5-14(12-17)13-20/h4-6,12,15-16H,2-3,7-11H2,1H3,(H,21,23)(H,22,24). The second-order valence-electron chi connectivity index (χ2n) is 6.37. The molecular weight excluding hydrogens is 302 g/mol. The lowest BCUT2D eigenvalue weighted by Crippen LogP contribution is -2.35. The summed E-state index contributed by atoms with van der Waals surface area (Å²) in [6, 6.07) is 8.98. The Balaban J connectivity index is 1.80. The third kappa shape index (κ3) is 5.09. The highest BCUT2D eigenvalue weighted by Crippen LogP contribution is 2.30. The van der Waals surface area contributed by atoms with Gasteiger partial charge in [-0.2, -0.15) is 5.26 Å². The third-order valence-electron chi connectivity index (χ3n) is 4.56. The molecule has 1 aromatic carbocycles. The van der Waals surface area contributed by atoms with Gasteiger partial charge in [0.15, 0.2) is 0 Å². The number of hydrogen-bond acceptors (Lipinski definition) is 3. The minimum absolute atomic E-state index is 0.0186. The van der Waals surface area contributed by atoms with Gasteiger partial charge in [-0.25, -0.2) is 0 Å². The lowest BCUT2D eigenvalue weighted by Gasteiger charge is -2.27. The minimum Gasteiger partial charge on any atom is -0.356 e. The molecular formula is C19H25N3O2. The summed E-state index contributed by atoms with van der Waals surface area (Å²) in [5.41, 5.74) is 1.18. The molecule has 2 rings (SSSR count). The molecule has 0 spiro atoms. The van der Waals surface area contributed by atoms with Crippen LogP contribution >= 0.6 is 0 Å². The summed E-state index contributed by atoms with van der Waals surface area (Å²) in [5, 5.41) is 14.8. The molecule has 5 heteroatoms. The van der Waals surface area contributed by atoms with Crippen LogP contribution in [0.25, 0.3) is 0 Å². The van der Waals surface area contributed by atoms with Gasteiger partial charge in [0.05, 0.1) is 11.6 Å². The molecule has 0 bridgehead atoms. The van der Waals surface area contributed by atoms with Crippen LogP contribution in [0.4, 0.5) is 5.69 Å². The van der Waals surface area contributed by atoms with E-state index in [1.807, 2.05) is 0 Å². The van der Waals surface area contributed by atoms with Crippen molar-refractivity contribution in [2.24, 2.45) is 11.8 Å². The number of benzene rings is 1. The number of anilines is 1. The number of nitrogens with zero attached hydrogens (tertiary/aromatic N) is 1. The molecule has 0 aliphatic heterocycles. The number of nitriles is 1. The number of unbranched alkanes of at least 4 members (excludes halogenated alkanes) is 1. The molecule has 0 saturated heterocycles. The van der Waals surface area contributed by atoms with Crippen molar-refractivity contribution in [3.8, 4) is 6.07 Å². The number of carbonyl (C=O) groups excluding carboxylic acids is 2. The summed E-state index contributed by atoms with van der Waals surface area (Å²) in [5.74, 6) is 0.0854. The molecule has 1 aliphatic rings. The zero-order chi connectivity index (χ0) is 17.4. The van der Waals surface area contributed by atoms with E-state index >= 15 is 0 Å². The Bertz CT molecular complexity index is 613. The Kier molecular flexibility index (Phi) is 6.80. The molecule has 24 heavy (non-hydrogen) atoms. The third-order valence-corrected chi connectivity index (χ3v) is 4.56. The Morgan fingerprint density at radius 2 is 1.83 bits per heavy atom. The van der Waals surface area contributed by atoms with Crippen molar-refractivity contribution in [1.29, 1.82) is 5.26 Å². The SMILES string of the molecule is CCCCNC(=O)C1CCC(C(=O)Nc2cccc(C#N)c2)CC1. The molecule has 0 unspecified atom stereocenters. The maximum absolute atomic E-state index is 12.4. The van der Waals surface area contributed by atoms with Gasteiger partial charge in [-0.05, 0) is 50.3 Å². The average Bonchev–Trinajstić information content (AvgIpc) is 2.62. The highest BCUT2D eigenvalue weighted by atomic mass is 16.2. The van der Waals surface area contributed by atoms with E-state index in [0.29, 0.717) is 11.3 Å². The first kappa shape index (κ1) is 18.0. The van der Waals surface area contributed by atoms with E-state index in [1.165, 1.54) is 0 Å². The molecule has 0 heterocycles. The van der Waals surface area contributed by atoms with E-state index < -0.39 is 0 Å². The van der Waals surface area contributed by atoms with Crippen molar-refractivity contribution in [2.75, 3.05) is 11.9 Å². The van der Waals surface area contributed by atoms with Gasteiger partial charge in [-0.15, -0.1) is 0 Å². The second kappa shape index (κ2) is 9.07. The van der Waals surface area contributed by atoms with Gasteiger partial charge < -0.3 is 10.6 Å². The topological polar surface area (TPSA) is 82.0 Å². The van der Waals surface area contributed by atoms with E-state index in [-0.39, 0.29) is 23.7 Å². The smallest absolute Gasteiger partial charge is 0.227 e. The lowest BCUT2D eigenvalue weighted by molar-refractivity contribution is -0.128. The summed E-state index contributed by atoms with van der Waals surface area (Å²) >= 11 is 0. The first-order chi connectivity index (χ1) is 11.6. The van der Waals surface area contributed by atoms with Crippen LogP contribution in [0.15, 0.2) is 24.3 Å². The number of amides is 2. The van der Waals surface area contributed by atoms with Gasteiger partial charge in [0.2, 0.25) is 11.8 Å².